The SMILES string of the molecule is O=C(O)CCc1cn(CC2(O)CCCC2)nn1. The fourth-order valence-corrected chi connectivity index (χ4v) is 2.26. The summed E-state index contributed by atoms with van der Waals surface area (Å²) in [6, 6.07) is 0. The topological polar surface area (TPSA) is 88.2 Å². The van der Waals surface area contributed by atoms with Crippen molar-refractivity contribution in [2.75, 3.05) is 0 Å². The van der Waals surface area contributed by atoms with E-state index in [2.05, 4.69) is 10.3 Å². The van der Waals surface area contributed by atoms with E-state index in [1.165, 1.54) is 0 Å². The zero-order chi connectivity index (χ0) is 12.3. The summed E-state index contributed by atoms with van der Waals surface area (Å²) in [4.78, 5) is 10.4. The number of carboxylic acid groups (broad SMARTS) is 1. The Morgan fingerprint density at radius 1 is 1.47 bits per heavy atom. The number of aryl methyl sites for hydroxylation is 1. The lowest BCUT2D eigenvalue weighted by Crippen LogP contribution is -2.30. The van der Waals surface area contributed by atoms with Crippen molar-refractivity contribution < 1.29 is 15.0 Å². The number of hydrogen-bond acceptors (Lipinski definition) is 4. The van der Waals surface area contributed by atoms with Crippen LogP contribution in [-0.4, -0.2) is 36.8 Å². The number of aromatic nitrogens is 3. The Bertz CT molecular complexity index is 396. The Balaban J connectivity index is 1.91. The Morgan fingerprint density at radius 2 is 2.18 bits per heavy atom. The van der Waals surface area contributed by atoms with Crippen LogP contribution in [0, 0.1) is 0 Å². The molecule has 0 aliphatic heterocycles. The van der Waals surface area contributed by atoms with E-state index in [4.69, 9.17) is 5.11 Å². The molecule has 1 aliphatic carbocycles. The van der Waals surface area contributed by atoms with Crippen molar-refractivity contribution in [3.05, 3.63) is 11.9 Å². The molecule has 17 heavy (non-hydrogen) atoms. The normalized spacial score (nSPS) is 18.4. The lowest BCUT2D eigenvalue weighted by Gasteiger charge is -2.21. The quantitative estimate of drug-likeness (QED) is 0.785. The summed E-state index contributed by atoms with van der Waals surface area (Å²) < 4.78 is 1.61. The van der Waals surface area contributed by atoms with Crippen LogP contribution in [0.15, 0.2) is 6.20 Å². The first-order valence-electron chi connectivity index (χ1n) is 5.91. The molecule has 0 saturated heterocycles. The summed E-state index contributed by atoms with van der Waals surface area (Å²) >= 11 is 0. The van der Waals surface area contributed by atoms with E-state index in [0.717, 1.165) is 25.7 Å². The highest BCUT2D eigenvalue weighted by Crippen LogP contribution is 2.30. The van der Waals surface area contributed by atoms with Gasteiger partial charge >= 0.3 is 5.97 Å². The van der Waals surface area contributed by atoms with E-state index in [1.54, 1.807) is 10.9 Å². The van der Waals surface area contributed by atoms with Gasteiger partial charge in [0, 0.05) is 12.6 Å². The summed E-state index contributed by atoms with van der Waals surface area (Å²) in [7, 11) is 0. The fraction of sp³-hybridized carbons (Fsp3) is 0.727. The minimum Gasteiger partial charge on any atom is -0.481 e. The molecule has 2 N–H and O–H groups in total. The Labute approximate surface area is 99.3 Å². The highest BCUT2D eigenvalue weighted by Gasteiger charge is 2.31. The molecule has 1 aromatic heterocycles. The van der Waals surface area contributed by atoms with Crippen LogP contribution >= 0.6 is 0 Å². The van der Waals surface area contributed by atoms with Crippen molar-refractivity contribution in [1.29, 1.82) is 0 Å². The van der Waals surface area contributed by atoms with E-state index < -0.39 is 11.6 Å². The number of carbonyl (C=O) groups is 1. The molecule has 0 amide bonds. The third-order valence-corrected chi connectivity index (χ3v) is 3.17. The van der Waals surface area contributed by atoms with Crippen molar-refractivity contribution in [1.82, 2.24) is 15.0 Å². The standard InChI is InChI=1S/C11H17N3O3/c15-10(16)4-3-9-7-14(13-12-9)8-11(17)5-1-2-6-11/h7,17H,1-6,8H2,(H,15,16). The van der Waals surface area contributed by atoms with E-state index in [0.29, 0.717) is 18.7 Å². The van der Waals surface area contributed by atoms with Crippen LogP contribution in [0.1, 0.15) is 37.8 Å². The second-order valence-electron chi connectivity index (χ2n) is 4.73. The molecule has 0 aromatic carbocycles. The van der Waals surface area contributed by atoms with Gasteiger partial charge in [0.1, 0.15) is 0 Å². The van der Waals surface area contributed by atoms with Crippen LogP contribution in [-0.2, 0) is 17.8 Å². The average molecular weight is 239 g/mol. The lowest BCUT2D eigenvalue weighted by atomic mass is 10.0. The predicted molar refractivity (Wildman–Crippen MR) is 59.4 cm³/mol. The largest absolute Gasteiger partial charge is 0.481 e. The number of aliphatic hydroxyl groups is 1. The van der Waals surface area contributed by atoms with Gasteiger partial charge in [0.25, 0.3) is 0 Å². The van der Waals surface area contributed by atoms with Crippen molar-refractivity contribution in [2.45, 2.75) is 50.7 Å². The summed E-state index contributed by atoms with van der Waals surface area (Å²) in [5.74, 6) is -0.839. The number of nitrogens with zero attached hydrogens (tertiary/aromatic N) is 3. The summed E-state index contributed by atoms with van der Waals surface area (Å²) in [6.45, 7) is 0.451. The Hall–Kier alpha value is -1.43. The molecule has 94 valence electrons. The Morgan fingerprint density at radius 3 is 2.82 bits per heavy atom. The van der Waals surface area contributed by atoms with Gasteiger partial charge < -0.3 is 10.2 Å². The number of hydrogen-bond donors (Lipinski definition) is 2. The average Bonchev–Trinajstić information content (AvgIpc) is 2.85. The van der Waals surface area contributed by atoms with Gasteiger partial charge in [-0.15, -0.1) is 5.10 Å². The first-order chi connectivity index (χ1) is 8.07. The second-order valence-corrected chi connectivity index (χ2v) is 4.73. The molecule has 0 spiro atoms. The third kappa shape index (κ3) is 3.26. The summed E-state index contributed by atoms with van der Waals surface area (Å²) in [5, 5.41) is 26.6. The molecular weight excluding hydrogens is 222 g/mol. The molecule has 0 radical (unpaired) electrons. The van der Waals surface area contributed by atoms with Crippen LogP contribution in [0.2, 0.25) is 0 Å². The molecule has 1 aliphatic rings. The first kappa shape index (κ1) is 12.0. The zero-order valence-corrected chi connectivity index (χ0v) is 9.67. The van der Waals surface area contributed by atoms with Crippen LogP contribution in [0.4, 0.5) is 0 Å². The van der Waals surface area contributed by atoms with E-state index in [1.807, 2.05) is 0 Å². The molecule has 1 saturated carbocycles. The van der Waals surface area contributed by atoms with Gasteiger partial charge in [0.15, 0.2) is 0 Å². The molecule has 0 atom stereocenters. The molecule has 6 nitrogen and oxygen atoms in total. The first-order valence-corrected chi connectivity index (χ1v) is 5.91. The minimum absolute atomic E-state index is 0.0585. The van der Waals surface area contributed by atoms with E-state index in [-0.39, 0.29) is 6.42 Å². The maximum Gasteiger partial charge on any atom is 0.303 e. The number of aliphatic carboxylic acids is 1. The highest BCUT2D eigenvalue weighted by atomic mass is 16.4. The predicted octanol–water partition coefficient (Wildman–Crippen LogP) is 0.600. The van der Waals surface area contributed by atoms with Crippen molar-refractivity contribution in [3.63, 3.8) is 0 Å². The van der Waals surface area contributed by atoms with Gasteiger partial charge in [-0.05, 0) is 12.8 Å². The van der Waals surface area contributed by atoms with Crippen LogP contribution in [0.25, 0.3) is 0 Å². The van der Waals surface area contributed by atoms with Crippen LogP contribution < -0.4 is 0 Å². The van der Waals surface area contributed by atoms with Crippen LogP contribution in [0.3, 0.4) is 0 Å². The number of rotatable bonds is 5. The summed E-state index contributed by atoms with van der Waals surface area (Å²) in [5.41, 5.74) is 0.00612. The van der Waals surface area contributed by atoms with Crippen molar-refractivity contribution >= 4 is 5.97 Å². The van der Waals surface area contributed by atoms with Crippen LogP contribution in [0.5, 0.6) is 0 Å². The minimum atomic E-state index is -0.839. The summed E-state index contributed by atoms with van der Waals surface area (Å²) in [6.07, 6.45) is 5.87. The maximum atomic E-state index is 10.4. The molecule has 6 heteroatoms. The molecule has 2 rings (SSSR count). The van der Waals surface area contributed by atoms with E-state index in [9.17, 15) is 9.90 Å². The molecule has 1 aromatic rings. The second kappa shape index (κ2) is 4.83. The van der Waals surface area contributed by atoms with Crippen molar-refractivity contribution in [2.24, 2.45) is 0 Å². The molecule has 1 fully saturated rings. The van der Waals surface area contributed by atoms with Gasteiger partial charge in [-0.2, -0.15) is 0 Å². The Kier molecular flexibility index (Phi) is 3.42. The van der Waals surface area contributed by atoms with Gasteiger partial charge in [-0.25, -0.2) is 4.68 Å². The van der Waals surface area contributed by atoms with Gasteiger partial charge in [0.05, 0.1) is 24.3 Å². The maximum absolute atomic E-state index is 10.4. The number of carboxylic acids is 1. The molecular formula is C11H17N3O3. The van der Waals surface area contributed by atoms with Gasteiger partial charge in [-0.3, -0.25) is 4.79 Å². The van der Waals surface area contributed by atoms with Gasteiger partial charge in [0.2, 0.25) is 0 Å². The highest BCUT2D eigenvalue weighted by molar-refractivity contribution is 5.66. The van der Waals surface area contributed by atoms with Gasteiger partial charge in [-0.1, -0.05) is 18.1 Å². The molecule has 1 heterocycles. The monoisotopic (exact) mass is 239 g/mol. The molecule has 0 bridgehead atoms. The third-order valence-electron chi connectivity index (χ3n) is 3.17. The zero-order valence-electron chi connectivity index (χ0n) is 9.67. The smallest absolute Gasteiger partial charge is 0.303 e. The lowest BCUT2D eigenvalue weighted by molar-refractivity contribution is -0.136. The van der Waals surface area contributed by atoms with Crippen molar-refractivity contribution in [3.8, 4) is 0 Å². The van der Waals surface area contributed by atoms with E-state index >= 15 is 0 Å². The molecule has 0 unspecified atom stereocenters. The fourth-order valence-electron chi connectivity index (χ4n) is 2.26.